The molecule has 2 aromatic carbocycles. The molecule has 2 aliphatic heterocycles. The standard InChI is InChI=1S/C17H14N2O3/c1-9-5-6-14(16(21)18-9)19-13-4-2-3-10-7-11(20)8-12(15(10)13)17(19)22/h2-4,7-8,14,20H,1,5-6H2,(H,18,21). The van der Waals surface area contributed by atoms with Crippen LogP contribution in [0.4, 0.5) is 5.69 Å². The number of piperidine rings is 1. The van der Waals surface area contributed by atoms with Gasteiger partial charge in [0.15, 0.2) is 0 Å². The van der Waals surface area contributed by atoms with Gasteiger partial charge < -0.3 is 10.4 Å². The minimum Gasteiger partial charge on any atom is -0.508 e. The van der Waals surface area contributed by atoms with E-state index in [1.807, 2.05) is 18.2 Å². The van der Waals surface area contributed by atoms with Crippen LogP contribution in [0.2, 0.25) is 0 Å². The summed E-state index contributed by atoms with van der Waals surface area (Å²) >= 11 is 0. The van der Waals surface area contributed by atoms with E-state index in [0.717, 1.165) is 16.5 Å². The van der Waals surface area contributed by atoms with Crippen LogP contribution >= 0.6 is 0 Å². The first-order chi connectivity index (χ1) is 10.6. The first kappa shape index (κ1) is 12.9. The fraction of sp³-hybridized carbons (Fsp3) is 0.176. The third-order valence-electron chi connectivity index (χ3n) is 4.28. The molecular weight excluding hydrogens is 280 g/mol. The van der Waals surface area contributed by atoms with E-state index >= 15 is 0 Å². The second kappa shape index (κ2) is 4.34. The molecule has 2 heterocycles. The number of aromatic hydroxyl groups is 1. The average molecular weight is 294 g/mol. The quantitative estimate of drug-likeness (QED) is 0.848. The summed E-state index contributed by atoms with van der Waals surface area (Å²) in [6.07, 6.45) is 1.20. The topological polar surface area (TPSA) is 69.6 Å². The van der Waals surface area contributed by atoms with Crippen molar-refractivity contribution in [3.63, 3.8) is 0 Å². The zero-order valence-electron chi connectivity index (χ0n) is 11.8. The zero-order valence-corrected chi connectivity index (χ0v) is 11.8. The van der Waals surface area contributed by atoms with E-state index < -0.39 is 6.04 Å². The molecule has 1 saturated heterocycles. The molecule has 5 nitrogen and oxygen atoms in total. The van der Waals surface area contributed by atoms with Crippen molar-refractivity contribution in [2.45, 2.75) is 18.9 Å². The number of nitrogens with one attached hydrogen (secondary N) is 1. The van der Waals surface area contributed by atoms with Crippen LogP contribution in [-0.2, 0) is 4.79 Å². The van der Waals surface area contributed by atoms with Gasteiger partial charge >= 0.3 is 0 Å². The van der Waals surface area contributed by atoms with E-state index in [2.05, 4.69) is 11.9 Å². The van der Waals surface area contributed by atoms with Crippen LogP contribution in [0, 0.1) is 0 Å². The third-order valence-corrected chi connectivity index (χ3v) is 4.28. The van der Waals surface area contributed by atoms with Crippen molar-refractivity contribution in [3.8, 4) is 5.75 Å². The first-order valence-corrected chi connectivity index (χ1v) is 7.14. The van der Waals surface area contributed by atoms with Crippen LogP contribution in [0.1, 0.15) is 23.2 Å². The maximum atomic E-state index is 12.8. The third kappa shape index (κ3) is 1.65. The number of phenols is 1. The Bertz CT molecular complexity index is 856. The summed E-state index contributed by atoms with van der Waals surface area (Å²) in [4.78, 5) is 26.6. The van der Waals surface area contributed by atoms with Gasteiger partial charge in [-0.1, -0.05) is 18.7 Å². The fourth-order valence-electron chi connectivity index (χ4n) is 3.32. The number of carbonyl (C=O) groups excluding carboxylic acids is 2. The highest BCUT2D eigenvalue weighted by atomic mass is 16.3. The van der Waals surface area contributed by atoms with E-state index in [1.54, 1.807) is 11.0 Å². The SMILES string of the molecule is C=C1CCC(N2C(=O)c3cc(O)cc4cccc2c34)C(=O)N1. The Kier molecular flexibility index (Phi) is 2.54. The van der Waals surface area contributed by atoms with Gasteiger partial charge in [-0.3, -0.25) is 14.5 Å². The number of hydrogen-bond acceptors (Lipinski definition) is 3. The van der Waals surface area contributed by atoms with Gasteiger partial charge in [0, 0.05) is 11.1 Å². The van der Waals surface area contributed by atoms with E-state index in [9.17, 15) is 14.7 Å². The molecule has 1 unspecified atom stereocenters. The molecule has 0 saturated carbocycles. The molecule has 2 aromatic rings. The van der Waals surface area contributed by atoms with Gasteiger partial charge in [0.2, 0.25) is 5.91 Å². The largest absolute Gasteiger partial charge is 0.508 e. The second-order valence-electron chi connectivity index (χ2n) is 5.69. The van der Waals surface area contributed by atoms with Crippen LogP contribution in [0.5, 0.6) is 5.75 Å². The predicted octanol–water partition coefficient (Wildman–Crippen LogP) is 2.30. The van der Waals surface area contributed by atoms with Crippen LogP contribution in [0.3, 0.4) is 0 Å². The van der Waals surface area contributed by atoms with E-state index in [0.29, 0.717) is 24.1 Å². The summed E-state index contributed by atoms with van der Waals surface area (Å²) in [7, 11) is 0. The Hall–Kier alpha value is -2.82. The van der Waals surface area contributed by atoms with E-state index in [4.69, 9.17) is 0 Å². The maximum Gasteiger partial charge on any atom is 0.259 e. The molecule has 0 radical (unpaired) electrons. The van der Waals surface area contributed by atoms with Gasteiger partial charge in [0.25, 0.3) is 5.91 Å². The minimum atomic E-state index is -0.543. The fourth-order valence-corrected chi connectivity index (χ4v) is 3.32. The van der Waals surface area contributed by atoms with Crippen LogP contribution in [0.15, 0.2) is 42.6 Å². The summed E-state index contributed by atoms with van der Waals surface area (Å²) in [6.45, 7) is 3.77. The molecule has 110 valence electrons. The van der Waals surface area contributed by atoms with Crippen molar-refractivity contribution < 1.29 is 14.7 Å². The number of rotatable bonds is 1. The first-order valence-electron chi connectivity index (χ1n) is 7.14. The van der Waals surface area contributed by atoms with Gasteiger partial charge in [0.1, 0.15) is 11.8 Å². The number of anilines is 1. The van der Waals surface area contributed by atoms with Gasteiger partial charge in [-0.2, -0.15) is 0 Å². The lowest BCUT2D eigenvalue weighted by atomic mass is 10.0. The molecule has 1 atom stereocenters. The van der Waals surface area contributed by atoms with Gasteiger partial charge in [-0.15, -0.1) is 0 Å². The average Bonchev–Trinajstić information content (AvgIpc) is 2.74. The normalized spacial score (nSPS) is 20.6. The molecule has 0 aliphatic carbocycles. The summed E-state index contributed by atoms with van der Waals surface area (Å²) in [5, 5.41) is 14.1. The van der Waals surface area contributed by atoms with Crippen molar-refractivity contribution in [1.82, 2.24) is 5.32 Å². The van der Waals surface area contributed by atoms with Crippen LogP contribution < -0.4 is 10.2 Å². The molecule has 2 N–H and O–H groups in total. The number of hydrogen-bond donors (Lipinski definition) is 2. The molecule has 5 heteroatoms. The Morgan fingerprint density at radius 3 is 2.86 bits per heavy atom. The second-order valence-corrected chi connectivity index (χ2v) is 5.69. The number of nitrogens with zero attached hydrogens (tertiary/aromatic N) is 1. The highest BCUT2D eigenvalue weighted by Gasteiger charge is 2.39. The van der Waals surface area contributed by atoms with Crippen LogP contribution in [0.25, 0.3) is 10.8 Å². The molecule has 4 rings (SSSR count). The predicted molar refractivity (Wildman–Crippen MR) is 82.7 cm³/mol. The lowest BCUT2D eigenvalue weighted by molar-refractivity contribution is -0.122. The number of phenolic OH excluding ortho intramolecular Hbond substituents is 1. The molecule has 2 aliphatic rings. The van der Waals surface area contributed by atoms with Crippen molar-refractivity contribution in [3.05, 3.63) is 48.2 Å². The number of allylic oxidation sites excluding steroid dienone is 1. The van der Waals surface area contributed by atoms with Crippen molar-refractivity contribution in [2.75, 3.05) is 4.90 Å². The number of carbonyl (C=O) groups is 2. The molecule has 0 bridgehead atoms. The molecule has 0 spiro atoms. The molecule has 0 aromatic heterocycles. The molecule has 1 fully saturated rings. The number of benzene rings is 2. The highest BCUT2D eigenvalue weighted by molar-refractivity contribution is 6.27. The van der Waals surface area contributed by atoms with Crippen molar-refractivity contribution in [1.29, 1.82) is 0 Å². The smallest absolute Gasteiger partial charge is 0.259 e. The van der Waals surface area contributed by atoms with Gasteiger partial charge in [0.05, 0.1) is 11.3 Å². The molecule has 22 heavy (non-hydrogen) atoms. The van der Waals surface area contributed by atoms with Gasteiger partial charge in [-0.05, 0) is 36.4 Å². The summed E-state index contributed by atoms with van der Waals surface area (Å²) in [5.74, 6) is -0.398. The summed E-state index contributed by atoms with van der Waals surface area (Å²) < 4.78 is 0. The minimum absolute atomic E-state index is 0.0522. The maximum absolute atomic E-state index is 12.8. The molecular formula is C17H14N2O3. The van der Waals surface area contributed by atoms with E-state index in [1.165, 1.54) is 6.07 Å². The summed E-state index contributed by atoms with van der Waals surface area (Å²) in [6, 6.07) is 8.06. The van der Waals surface area contributed by atoms with Crippen LogP contribution in [-0.4, -0.2) is 23.0 Å². The lowest BCUT2D eigenvalue weighted by Gasteiger charge is -2.31. The highest BCUT2D eigenvalue weighted by Crippen LogP contribution is 2.41. The Morgan fingerprint density at radius 2 is 2.09 bits per heavy atom. The van der Waals surface area contributed by atoms with Gasteiger partial charge in [-0.25, -0.2) is 0 Å². The molecule has 2 amide bonds. The van der Waals surface area contributed by atoms with Crippen molar-refractivity contribution >= 4 is 28.3 Å². The van der Waals surface area contributed by atoms with Crippen molar-refractivity contribution in [2.24, 2.45) is 0 Å². The summed E-state index contributed by atoms with van der Waals surface area (Å²) in [5.41, 5.74) is 1.86. The Balaban J connectivity index is 1.88. The number of amides is 2. The zero-order chi connectivity index (χ0) is 15.4. The monoisotopic (exact) mass is 294 g/mol. The van der Waals surface area contributed by atoms with E-state index in [-0.39, 0.29) is 17.6 Å². The Morgan fingerprint density at radius 1 is 1.27 bits per heavy atom. The lowest BCUT2D eigenvalue weighted by Crippen LogP contribution is -2.51. The Labute approximate surface area is 126 Å².